The monoisotopic (exact) mass is 455 g/mol. The zero-order valence-corrected chi connectivity index (χ0v) is 18.2. The average Bonchev–Trinajstić information content (AvgIpc) is 3.22. The Labute approximate surface area is 186 Å². The van der Waals surface area contributed by atoms with E-state index in [1.54, 1.807) is 36.5 Å². The topological polar surface area (TPSA) is 120 Å². The van der Waals surface area contributed by atoms with E-state index in [4.69, 9.17) is 0 Å². The highest BCUT2D eigenvalue weighted by Gasteiger charge is 2.33. The van der Waals surface area contributed by atoms with Crippen LogP contribution in [0.1, 0.15) is 18.4 Å². The largest absolute Gasteiger partial charge is 0.480 e. The van der Waals surface area contributed by atoms with Crippen molar-refractivity contribution < 1.29 is 23.1 Å². The third-order valence-electron chi connectivity index (χ3n) is 5.92. The van der Waals surface area contributed by atoms with Crippen molar-refractivity contribution in [3.05, 3.63) is 66.4 Å². The molecule has 0 spiro atoms. The van der Waals surface area contributed by atoms with E-state index >= 15 is 0 Å². The first-order chi connectivity index (χ1) is 15.4. The van der Waals surface area contributed by atoms with Crippen LogP contribution in [0.2, 0.25) is 0 Å². The van der Waals surface area contributed by atoms with Crippen LogP contribution in [0.4, 0.5) is 0 Å². The highest BCUT2D eigenvalue weighted by Crippen LogP contribution is 2.24. The fourth-order valence-corrected chi connectivity index (χ4v) is 5.60. The normalized spacial score (nSPS) is 16.6. The van der Waals surface area contributed by atoms with Crippen LogP contribution in [0.3, 0.4) is 0 Å². The van der Waals surface area contributed by atoms with Gasteiger partial charge in [0.15, 0.2) is 0 Å². The minimum atomic E-state index is -3.60. The van der Waals surface area contributed by atoms with Crippen molar-refractivity contribution in [2.45, 2.75) is 30.2 Å². The molecule has 168 valence electrons. The molecule has 1 saturated heterocycles. The second kappa shape index (κ2) is 9.13. The second-order valence-electron chi connectivity index (χ2n) is 7.95. The van der Waals surface area contributed by atoms with Crippen molar-refractivity contribution in [1.29, 1.82) is 0 Å². The molecule has 0 unspecified atom stereocenters. The van der Waals surface area contributed by atoms with Gasteiger partial charge in [-0.3, -0.25) is 4.79 Å². The summed E-state index contributed by atoms with van der Waals surface area (Å²) in [6.07, 6.45) is 2.61. The molecule has 4 rings (SSSR count). The lowest BCUT2D eigenvalue weighted by atomic mass is 9.96. The van der Waals surface area contributed by atoms with Crippen LogP contribution in [0.25, 0.3) is 10.9 Å². The van der Waals surface area contributed by atoms with Gasteiger partial charge in [0.1, 0.15) is 6.04 Å². The number of fused-ring (bicyclic) bond motifs is 1. The molecule has 1 amide bonds. The number of piperidine rings is 1. The second-order valence-corrected chi connectivity index (χ2v) is 9.89. The van der Waals surface area contributed by atoms with Gasteiger partial charge in [0.25, 0.3) is 0 Å². The molecule has 2 aromatic carbocycles. The Morgan fingerprint density at radius 3 is 2.41 bits per heavy atom. The standard InChI is InChI=1S/C23H25N3O5S/c27-22(16-10-12-26(13-11-16)32(30,31)18-6-2-1-3-7-18)25-21(23(28)29)14-17-15-24-20-9-5-4-8-19(17)20/h1-9,15-16,21,24H,10-14H2,(H,25,27)(H,28,29)/t21-/m1/s1. The number of aromatic amines is 1. The number of sulfonamides is 1. The molecular formula is C23H25N3O5S. The maximum Gasteiger partial charge on any atom is 0.326 e. The predicted molar refractivity (Wildman–Crippen MR) is 119 cm³/mol. The Balaban J connectivity index is 1.38. The van der Waals surface area contributed by atoms with Crippen LogP contribution in [0, 0.1) is 5.92 Å². The number of benzene rings is 2. The summed E-state index contributed by atoms with van der Waals surface area (Å²) in [6.45, 7) is 0.436. The number of carbonyl (C=O) groups is 2. The molecule has 3 N–H and O–H groups in total. The minimum Gasteiger partial charge on any atom is -0.480 e. The van der Waals surface area contributed by atoms with Crippen molar-refractivity contribution in [2.24, 2.45) is 5.92 Å². The number of amides is 1. The zero-order chi connectivity index (χ0) is 22.7. The molecule has 1 aliphatic heterocycles. The summed E-state index contributed by atoms with van der Waals surface area (Å²) in [6, 6.07) is 14.7. The van der Waals surface area contributed by atoms with Gasteiger partial charge >= 0.3 is 5.97 Å². The van der Waals surface area contributed by atoms with Crippen LogP contribution in [-0.4, -0.2) is 53.8 Å². The van der Waals surface area contributed by atoms with Crippen LogP contribution in [0.15, 0.2) is 65.7 Å². The fourth-order valence-electron chi connectivity index (χ4n) is 4.11. The molecule has 1 atom stereocenters. The molecule has 9 heteroatoms. The number of aromatic nitrogens is 1. The van der Waals surface area contributed by atoms with Gasteiger partial charge in [-0.15, -0.1) is 0 Å². The third kappa shape index (κ3) is 4.53. The molecular weight excluding hydrogens is 430 g/mol. The zero-order valence-electron chi connectivity index (χ0n) is 17.4. The van der Waals surface area contributed by atoms with E-state index in [2.05, 4.69) is 10.3 Å². The highest BCUT2D eigenvalue weighted by molar-refractivity contribution is 7.89. The maximum absolute atomic E-state index is 12.8. The lowest BCUT2D eigenvalue weighted by molar-refractivity contribution is -0.142. The smallest absolute Gasteiger partial charge is 0.326 e. The number of hydrogen-bond acceptors (Lipinski definition) is 4. The number of carboxylic acids is 1. The lowest BCUT2D eigenvalue weighted by Crippen LogP contribution is -2.48. The Morgan fingerprint density at radius 1 is 1.06 bits per heavy atom. The van der Waals surface area contributed by atoms with E-state index in [0.717, 1.165) is 16.5 Å². The van der Waals surface area contributed by atoms with Crippen molar-refractivity contribution in [1.82, 2.24) is 14.6 Å². The third-order valence-corrected chi connectivity index (χ3v) is 7.83. The summed E-state index contributed by atoms with van der Waals surface area (Å²) in [5.41, 5.74) is 1.72. The number of para-hydroxylation sites is 1. The Morgan fingerprint density at radius 2 is 1.72 bits per heavy atom. The molecule has 0 bridgehead atoms. The SMILES string of the molecule is O=C(N[C@H](Cc1c[nH]c2ccccc12)C(=O)O)C1CCN(S(=O)(=O)c2ccccc2)CC1. The van der Waals surface area contributed by atoms with E-state index in [0.29, 0.717) is 12.8 Å². The van der Waals surface area contributed by atoms with Gasteiger partial charge in [0.2, 0.25) is 15.9 Å². The summed E-state index contributed by atoms with van der Waals surface area (Å²) in [5, 5.41) is 13.2. The number of nitrogens with one attached hydrogen (secondary N) is 2. The lowest BCUT2D eigenvalue weighted by Gasteiger charge is -2.31. The molecule has 0 radical (unpaired) electrons. The van der Waals surface area contributed by atoms with Gasteiger partial charge in [-0.05, 0) is 36.6 Å². The Bertz CT molecular complexity index is 1210. The number of carbonyl (C=O) groups excluding carboxylic acids is 1. The molecule has 2 heterocycles. The van der Waals surface area contributed by atoms with Crippen molar-refractivity contribution in [2.75, 3.05) is 13.1 Å². The van der Waals surface area contributed by atoms with Crippen molar-refractivity contribution in [3.8, 4) is 0 Å². The summed E-state index contributed by atoms with van der Waals surface area (Å²) in [5.74, 6) is -1.89. The molecule has 1 aromatic heterocycles. The molecule has 8 nitrogen and oxygen atoms in total. The Hall–Kier alpha value is -3.17. The summed E-state index contributed by atoms with van der Waals surface area (Å²) >= 11 is 0. The van der Waals surface area contributed by atoms with E-state index in [9.17, 15) is 23.1 Å². The van der Waals surface area contributed by atoms with Gasteiger partial charge in [-0.1, -0.05) is 36.4 Å². The van der Waals surface area contributed by atoms with E-state index in [-0.39, 0.29) is 30.3 Å². The van der Waals surface area contributed by atoms with Gasteiger partial charge in [0.05, 0.1) is 4.90 Å². The molecule has 0 saturated carbocycles. The average molecular weight is 456 g/mol. The quantitative estimate of drug-likeness (QED) is 0.505. The molecule has 32 heavy (non-hydrogen) atoms. The van der Waals surface area contributed by atoms with E-state index < -0.39 is 28.0 Å². The maximum atomic E-state index is 12.8. The summed E-state index contributed by atoms with van der Waals surface area (Å²) in [7, 11) is -3.60. The number of rotatable bonds is 7. The number of H-pyrrole nitrogens is 1. The summed E-state index contributed by atoms with van der Waals surface area (Å²) < 4.78 is 26.9. The molecule has 1 aliphatic rings. The van der Waals surface area contributed by atoms with E-state index in [1.807, 2.05) is 24.3 Å². The van der Waals surface area contributed by atoms with Crippen molar-refractivity contribution in [3.63, 3.8) is 0 Å². The van der Waals surface area contributed by atoms with Crippen LogP contribution in [0.5, 0.6) is 0 Å². The molecule has 0 aliphatic carbocycles. The number of hydrogen-bond donors (Lipinski definition) is 3. The van der Waals surface area contributed by atoms with Gasteiger partial charge in [-0.25, -0.2) is 13.2 Å². The Kier molecular flexibility index (Phi) is 6.29. The fraction of sp³-hybridized carbons (Fsp3) is 0.304. The van der Waals surface area contributed by atoms with E-state index in [1.165, 1.54) is 4.31 Å². The number of aliphatic carboxylic acids is 1. The van der Waals surface area contributed by atoms with Gasteiger partial charge in [0, 0.05) is 42.5 Å². The number of nitrogens with zero attached hydrogens (tertiary/aromatic N) is 1. The van der Waals surface area contributed by atoms with Crippen molar-refractivity contribution >= 4 is 32.8 Å². The minimum absolute atomic E-state index is 0.159. The molecule has 3 aromatic rings. The number of carboxylic acid groups (broad SMARTS) is 1. The van der Waals surface area contributed by atoms with Crippen LogP contribution >= 0.6 is 0 Å². The summed E-state index contributed by atoms with van der Waals surface area (Å²) in [4.78, 5) is 27.9. The first kappa shape index (κ1) is 22.0. The molecule has 1 fully saturated rings. The predicted octanol–water partition coefficient (Wildman–Crippen LogP) is 2.38. The first-order valence-electron chi connectivity index (χ1n) is 10.5. The highest BCUT2D eigenvalue weighted by atomic mass is 32.2. The van der Waals surface area contributed by atoms with Crippen LogP contribution < -0.4 is 5.32 Å². The van der Waals surface area contributed by atoms with Gasteiger partial charge < -0.3 is 15.4 Å². The first-order valence-corrected chi connectivity index (χ1v) is 11.9. The van der Waals surface area contributed by atoms with Crippen LogP contribution in [-0.2, 0) is 26.0 Å². The van der Waals surface area contributed by atoms with Gasteiger partial charge in [-0.2, -0.15) is 4.31 Å².